The molecule has 1 heterocycles. The monoisotopic (exact) mass is 197 g/mol. The van der Waals surface area contributed by atoms with E-state index in [-0.39, 0.29) is 0 Å². The maximum Gasteiger partial charge on any atom is 0.0538 e. The summed E-state index contributed by atoms with van der Waals surface area (Å²) in [4.78, 5) is 0. The van der Waals surface area contributed by atoms with Crippen LogP contribution in [0.2, 0.25) is 0 Å². The van der Waals surface area contributed by atoms with Gasteiger partial charge in [-0.25, -0.2) is 4.68 Å². The van der Waals surface area contributed by atoms with Crippen molar-refractivity contribution in [2.24, 2.45) is 0 Å². The first-order valence-electron chi connectivity index (χ1n) is 4.22. The van der Waals surface area contributed by atoms with Crippen LogP contribution < -0.4 is 5.32 Å². The van der Waals surface area contributed by atoms with Gasteiger partial charge in [-0.15, -0.1) is 0 Å². The second-order valence-electron chi connectivity index (χ2n) is 2.68. The van der Waals surface area contributed by atoms with Crippen LogP contribution in [0, 0.1) is 0 Å². The second kappa shape index (κ2) is 5.83. The van der Waals surface area contributed by atoms with E-state index in [1.54, 1.807) is 10.9 Å². The minimum Gasteiger partial charge on any atom is -0.312 e. The Labute approximate surface area is 83.2 Å². The highest BCUT2D eigenvalue weighted by Crippen LogP contribution is 1.97. The zero-order valence-electron chi connectivity index (χ0n) is 7.86. The highest BCUT2D eigenvalue weighted by atomic mass is 32.2. The molecule has 1 N–H and O–H groups in total. The molecule has 0 aromatic carbocycles. The van der Waals surface area contributed by atoms with Gasteiger partial charge in [0.25, 0.3) is 0 Å². The number of hydrogen-bond donors (Lipinski definition) is 1. The molecular weight excluding hydrogens is 182 g/mol. The van der Waals surface area contributed by atoms with Gasteiger partial charge in [0.05, 0.1) is 6.20 Å². The van der Waals surface area contributed by atoms with Crippen molar-refractivity contribution < 1.29 is 0 Å². The van der Waals surface area contributed by atoms with E-state index in [9.17, 15) is 0 Å². The summed E-state index contributed by atoms with van der Waals surface area (Å²) >= 11 is 1.85. The summed E-state index contributed by atoms with van der Waals surface area (Å²) in [5.74, 6) is 1.15. The summed E-state index contributed by atoms with van der Waals surface area (Å²) in [6, 6.07) is 0. The first-order valence-corrected chi connectivity index (χ1v) is 5.61. The highest BCUT2D eigenvalue weighted by Gasteiger charge is 1.94. The van der Waals surface area contributed by atoms with Gasteiger partial charge in [-0.2, -0.15) is 16.9 Å². The van der Waals surface area contributed by atoms with Crippen LogP contribution >= 0.6 is 11.8 Å². The average Bonchev–Trinajstić information content (AvgIpc) is 2.60. The molecule has 1 aromatic heterocycles. The summed E-state index contributed by atoms with van der Waals surface area (Å²) in [6.07, 6.45) is 7.62. The molecule has 3 nitrogen and oxygen atoms in total. The molecule has 0 saturated carbocycles. The van der Waals surface area contributed by atoms with Crippen LogP contribution in [0.3, 0.4) is 0 Å². The molecule has 0 amide bonds. The third-order valence-electron chi connectivity index (χ3n) is 1.65. The Morgan fingerprint density at radius 3 is 3.23 bits per heavy atom. The fraction of sp³-hybridized carbons (Fsp3) is 0.444. The molecule has 0 aliphatic heterocycles. The molecule has 0 atom stereocenters. The molecule has 72 valence electrons. The van der Waals surface area contributed by atoms with E-state index in [1.165, 1.54) is 5.56 Å². The molecule has 0 saturated heterocycles. The van der Waals surface area contributed by atoms with Crippen LogP contribution in [0.5, 0.6) is 0 Å². The fourth-order valence-corrected chi connectivity index (χ4v) is 1.32. The van der Waals surface area contributed by atoms with Gasteiger partial charge >= 0.3 is 0 Å². The molecule has 1 rings (SSSR count). The van der Waals surface area contributed by atoms with Crippen LogP contribution in [0.15, 0.2) is 19.0 Å². The van der Waals surface area contributed by atoms with Gasteiger partial charge in [0.1, 0.15) is 0 Å². The number of rotatable bonds is 6. The van der Waals surface area contributed by atoms with Crippen molar-refractivity contribution in [2.45, 2.75) is 6.54 Å². The van der Waals surface area contributed by atoms with Crippen molar-refractivity contribution in [1.82, 2.24) is 15.1 Å². The molecule has 0 aliphatic carbocycles. The van der Waals surface area contributed by atoms with E-state index in [4.69, 9.17) is 0 Å². The fourth-order valence-electron chi connectivity index (χ4n) is 0.975. The van der Waals surface area contributed by atoms with Gasteiger partial charge in [0.15, 0.2) is 0 Å². The zero-order valence-corrected chi connectivity index (χ0v) is 8.68. The van der Waals surface area contributed by atoms with Gasteiger partial charge in [-0.1, -0.05) is 6.58 Å². The smallest absolute Gasteiger partial charge is 0.0538 e. The minimum atomic E-state index is 0.883. The van der Waals surface area contributed by atoms with Crippen LogP contribution in [-0.4, -0.2) is 28.3 Å². The van der Waals surface area contributed by atoms with Crippen LogP contribution in [-0.2, 0) is 6.54 Å². The number of thioether (sulfide) groups is 1. The molecule has 0 bridgehead atoms. The van der Waals surface area contributed by atoms with Crippen molar-refractivity contribution in [3.05, 3.63) is 24.5 Å². The SMILES string of the molecule is C=Cn1cc(CNCCSC)cn1. The van der Waals surface area contributed by atoms with E-state index in [0.29, 0.717) is 0 Å². The quantitative estimate of drug-likeness (QED) is 0.700. The van der Waals surface area contributed by atoms with Gasteiger partial charge in [0, 0.05) is 36.8 Å². The molecule has 0 radical (unpaired) electrons. The Hall–Kier alpha value is -0.740. The molecular formula is C9H15N3S. The van der Waals surface area contributed by atoms with Crippen LogP contribution in [0.4, 0.5) is 0 Å². The van der Waals surface area contributed by atoms with E-state index in [0.717, 1.165) is 18.8 Å². The van der Waals surface area contributed by atoms with Gasteiger partial charge in [-0.3, -0.25) is 0 Å². The van der Waals surface area contributed by atoms with E-state index >= 15 is 0 Å². The Balaban J connectivity index is 2.24. The summed E-state index contributed by atoms with van der Waals surface area (Å²) < 4.78 is 1.71. The van der Waals surface area contributed by atoms with Crippen molar-refractivity contribution in [3.8, 4) is 0 Å². The van der Waals surface area contributed by atoms with Crippen molar-refractivity contribution >= 4 is 18.0 Å². The third-order valence-corrected chi connectivity index (χ3v) is 2.27. The van der Waals surface area contributed by atoms with E-state index in [1.807, 2.05) is 24.2 Å². The highest BCUT2D eigenvalue weighted by molar-refractivity contribution is 7.98. The molecule has 1 aromatic rings. The third kappa shape index (κ3) is 3.65. The summed E-state index contributed by atoms with van der Waals surface area (Å²) in [6.45, 7) is 5.56. The van der Waals surface area contributed by atoms with E-state index < -0.39 is 0 Å². The lowest BCUT2D eigenvalue weighted by molar-refractivity contribution is 0.732. The Bertz CT molecular complexity index is 257. The normalized spacial score (nSPS) is 10.2. The molecule has 0 spiro atoms. The van der Waals surface area contributed by atoms with Crippen molar-refractivity contribution in [1.29, 1.82) is 0 Å². The van der Waals surface area contributed by atoms with Crippen molar-refractivity contribution in [3.63, 3.8) is 0 Å². The Kier molecular flexibility index (Phi) is 4.64. The van der Waals surface area contributed by atoms with Gasteiger partial charge < -0.3 is 5.32 Å². The number of nitrogens with zero attached hydrogens (tertiary/aromatic N) is 2. The minimum absolute atomic E-state index is 0.883. The first kappa shape index (κ1) is 10.3. The van der Waals surface area contributed by atoms with Crippen molar-refractivity contribution in [2.75, 3.05) is 18.6 Å². The predicted molar refractivity (Wildman–Crippen MR) is 58.7 cm³/mol. The Morgan fingerprint density at radius 1 is 1.77 bits per heavy atom. The predicted octanol–water partition coefficient (Wildman–Crippen LogP) is 1.44. The standard InChI is InChI=1S/C9H15N3S/c1-3-12-8-9(7-11-12)6-10-4-5-13-2/h3,7-8,10H,1,4-6H2,2H3. The Morgan fingerprint density at radius 2 is 2.62 bits per heavy atom. The largest absolute Gasteiger partial charge is 0.312 e. The van der Waals surface area contributed by atoms with Gasteiger partial charge in [-0.05, 0) is 6.26 Å². The zero-order chi connectivity index (χ0) is 9.52. The summed E-state index contributed by atoms with van der Waals surface area (Å²) in [5.41, 5.74) is 1.20. The number of aromatic nitrogens is 2. The van der Waals surface area contributed by atoms with Gasteiger partial charge in [0.2, 0.25) is 0 Å². The maximum atomic E-state index is 4.09. The van der Waals surface area contributed by atoms with Crippen LogP contribution in [0.1, 0.15) is 5.56 Å². The number of hydrogen-bond acceptors (Lipinski definition) is 3. The summed E-state index contributed by atoms with van der Waals surface area (Å²) in [7, 11) is 0. The van der Waals surface area contributed by atoms with E-state index in [2.05, 4.69) is 23.3 Å². The lowest BCUT2D eigenvalue weighted by atomic mass is 10.3. The molecule has 0 fully saturated rings. The number of nitrogens with one attached hydrogen (secondary N) is 1. The maximum absolute atomic E-state index is 4.09. The first-order chi connectivity index (χ1) is 6.36. The van der Waals surface area contributed by atoms with Crippen LogP contribution in [0.25, 0.3) is 6.20 Å². The average molecular weight is 197 g/mol. The molecule has 0 unspecified atom stereocenters. The topological polar surface area (TPSA) is 29.9 Å². The molecule has 13 heavy (non-hydrogen) atoms. The second-order valence-corrected chi connectivity index (χ2v) is 3.67. The lowest BCUT2D eigenvalue weighted by Crippen LogP contribution is -2.15. The molecule has 4 heteroatoms. The lowest BCUT2D eigenvalue weighted by Gasteiger charge is -1.99. The molecule has 0 aliphatic rings. The summed E-state index contributed by atoms with van der Waals surface area (Å²) in [5, 5.41) is 7.42.